The third-order valence-corrected chi connectivity index (χ3v) is 3.72. The first-order valence-electron chi connectivity index (χ1n) is 7.22. The third kappa shape index (κ3) is 2.23. The fourth-order valence-electron chi connectivity index (χ4n) is 2.61. The molecule has 4 aromatic rings. The fourth-order valence-corrected chi connectivity index (χ4v) is 2.61. The average molecular weight is 321 g/mol. The minimum atomic E-state index is -0.343. The van der Waals surface area contributed by atoms with Gasteiger partial charge in [0, 0.05) is 12.3 Å². The molecule has 3 aromatic heterocycles. The summed E-state index contributed by atoms with van der Waals surface area (Å²) in [6, 6.07) is 12.7. The van der Waals surface area contributed by atoms with Crippen molar-refractivity contribution in [2.24, 2.45) is 0 Å². The molecule has 0 unspecified atom stereocenters. The van der Waals surface area contributed by atoms with E-state index in [9.17, 15) is 9.18 Å². The van der Waals surface area contributed by atoms with E-state index in [1.807, 2.05) is 6.07 Å². The lowest BCUT2D eigenvalue weighted by Crippen LogP contribution is -2.14. The number of benzene rings is 1. The van der Waals surface area contributed by atoms with Gasteiger partial charge >= 0.3 is 0 Å². The van der Waals surface area contributed by atoms with Crippen molar-refractivity contribution in [2.45, 2.75) is 0 Å². The van der Waals surface area contributed by atoms with Gasteiger partial charge in [0.2, 0.25) is 0 Å². The minimum absolute atomic E-state index is 0.207. The van der Waals surface area contributed by atoms with E-state index in [-0.39, 0.29) is 17.2 Å². The normalized spacial score (nSPS) is 11.0. The number of hydrogen-bond donors (Lipinski definition) is 2. The summed E-state index contributed by atoms with van der Waals surface area (Å²) in [4.78, 5) is 19.8. The number of nitrogens with two attached hydrogens (primary N) is 1. The molecule has 1 aromatic carbocycles. The number of aromatic nitrogens is 4. The number of nitrogens with one attached hydrogen (secondary N) is 1. The van der Waals surface area contributed by atoms with Crippen LogP contribution in [-0.4, -0.2) is 19.6 Å². The molecule has 0 radical (unpaired) electrons. The van der Waals surface area contributed by atoms with Crippen LogP contribution in [0.1, 0.15) is 0 Å². The number of aromatic amines is 1. The van der Waals surface area contributed by atoms with Gasteiger partial charge in [-0.05, 0) is 42.0 Å². The topological polar surface area (TPSA) is 89.1 Å². The van der Waals surface area contributed by atoms with Crippen LogP contribution in [0.2, 0.25) is 0 Å². The van der Waals surface area contributed by atoms with E-state index in [2.05, 4.69) is 15.1 Å². The van der Waals surface area contributed by atoms with E-state index in [1.165, 1.54) is 22.7 Å². The molecule has 4 rings (SSSR count). The highest BCUT2D eigenvalue weighted by Crippen LogP contribution is 2.28. The molecule has 0 saturated carbocycles. The number of fused-ring (bicyclic) bond motifs is 1. The second kappa shape index (κ2) is 5.31. The molecular weight excluding hydrogens is 309 g/mol. The maximum atomic E-state index is 13.1. The summed E-state index contributed by atoms with van der Waals surface area (Å²) in [5, 5.41) is 4.09. The lowest BCUT2D eigenvalue weighted by molar-refractivity contribution is 0.628. The SMILES string of the molecule is Nc1nn2c(=O)cc(-c3ccc(F)cc3)[nH]c2c1-c1ccccn1. The smallest absolute Gasteiger partial charge is 0.274 e. The monoisotopic (exact) mass is 321 g/mol. The van der Waals surface area contributed by atoms with Crippen LogP contribution in [0.25, 0.3) is 28.2 Å². The summed E-state index contributed by atoms with van der Waals surface area (Å²) in [6.07, 6.45) is 1.64. The summed E-state index contributed by atoms with van der Waals surface area (Å²) in [5.74, 6) is -0.136. The molecule has 0 fully saturated rings. The number of halogens is 1. The molecular formula is C17H12FN5O. The predicted octanol–water partition coefficient (Wildman–Crippen LogP) is 2.47. The van der Waals surface area contributed by atoms with E-state index in [4.69, 9.17) is 5.73 Å². The molecule has 0 spiro atoms. The van der Waals surface area contributed by atoms with E-state index in [0.717, 1.165) is 0 Å². The molecule has 6 nitrogen and oxygen atoms in total. The van der Waals surface area contributed by atoms with Gasteiger partial charge in [-0.3, -0.25) is 9.78 Å². The van der Waals surface area contributed by atoms with Gasteiger partial charge in [0.25, 0.3) is 5.56 Å². The Labute approximate surface area is 135 Å². The Morgan fingerprint density at radius 1 is 1.12 bits per heavy atom. The molecule has 0 bridgehead atoms. The largest absolute Gasteiger partial charge is 0.382 e. The highest BCUT2D eigenvalue weighted by molar-refractivity contribution is 5.85. The maximum Gasteiger partial charge on any atom is 0.274 e. The lowest BCUT2D eigenvalue weighted by Gasteiger charge is -2.04. The molecule has 3 N–H and O–H groups in total. The first-order chi connectivity index (χ1) is 11.6. The summed E-state index contributed by atoms with van der Waals surface area (Å²) < 4.78 is 14.3. The van der Waals surface area contributed by atoms with Gasteiger partial charge in [-0.15, -0.1) is 5.10 Å². The van der Waals surface area contributed by atoms with Crippen molar-refractivity contribution < 1.29 is 4.39 Å². The molecule has 0 aliphatic heterocycles. The number of nitrogens with zero attached hydrogens (tertiary/aromatic N) is 3. The minimum Gasteiger partial charge on any atom is -0.382 e. The van der Waals surface area contributed by atoms with Crippen LogP contribution in [0, 0.1) is 5.82 Å². The Morgan fingerprint density at radius 3 is 2.62 bits per heavy atom. The van der Waals surface area contributed by atoms with Crippen molar-refractivity contribution in [3.05, 3.63) is 70.9 Å². The summed E-state index contributed by atoms with van der Waals surface area (Å²) in [6.45, 7) is 0. The van der Waals surface area contributed by atoms with E-state index in [0.29, 0.717) is 28.2 Å². The summed E-state index contributed by atoms with van der Waals surface area (Å²) in [5.41, 5.74) is 8.48. The lowest BCUT2D eigenvalue weighted by atomic mass is 10.1. The first-order valence-corrected chi connectivity index (χ1v) is 7.22. The highest BCUT2D eigenvalue weighted by atomic mass is 19.1. The zero-order valence-electron chi connectivity index (χ0n) is 12.4. The maximum absolute atomic E-state index is 13.1. The van der Waals surface area contributed by atoms with Gasteiger partial charge < -0.3 is 10.7 Å². The Morgan fingerprint density at radius 2 is 1.92 bits per heavy atom. The van der Waals surface area contributed by atoms with Gasteiger partial charge in [0.15, 0.2) is 5.82 Å². The Bertz CT molecular complexity index is 1080. The fraction of sp³-hybridized carbons (Fsp3) is 0. The van der Waals surface area contributed by atoms with Gasteiger partial charge in [0.05, 0.1) is 17.0 Å². The van der Waals surface area contributed by atoms with Crippen molar-refractivity contribution in [1.82, 2.24) is 19.6 Å². The summed E-state index contributed by atoms with van der Waals surface area (Å²) >= 11 is 0. The van der Waals surface area contributed by atoms with Crippen LogP contribution >= 0.6 is 0 Å². The molecule has 0 atom stereocenters. The zero-order valence-corrected chi connectivity index (χ0v) is 12.4. The quantitative estimate of drug-likeness (QED) is 0.593. The third-order valence-electron chi connectivity index (χ3n) is 3.72. The number of hydrogen-bond acceptors (Lipinski definition) is 4. The number of nitrogen functional groups attached to an aromatic ring is 1. The molecule has 0 aliphatic rings. The van der Waals surface area contributed by atoms with Crippen LogP contribution in [0.15, 0.2) is 59.5 Å². The Kier molecular flexibility index (Phi) is 3.13. The van der Waals surface area contributed by atoms with Crippen LogP contribution in [-0.2, 0) is 0 Å². The number of H-pyrrole nitrogens is 1. The molecule has 0 saturated heterocycles. The van der Waals surface area contributed by atoms with Crippen LogP contribution in [0.3, 0.4) is 0 Å². The van der Waals surface area contributed by atoms with Crippen LogP contribution < -0.4 is 11.3 Å². The second-order valence-corrected chi connectivity index (χ2v) is 5.26. The van der Waals surface area contributed by atoms with E-state index in [1.54, 1.807) is 30.5 Å². The van der Waals surface area contributed by atoms with Gasteiger partial charge in [-0.2, -0.15) is 4.52 Å². The standard InChI is InChI=1S/C17H12FN5O/c18-11-6-4-10(5-7-11)13-9-14(24)23-17(21-13)15(16(19)22-23)12-3-1-2-8-20-12/h1-9,21H,(H2,19,22). The number of anilines is 1. The second-order valence-electron chi connectivity index (χ2n) is 5.26. The molecule has 24 heavy (non-hydrogen) atoms. The molecule has 0 amide bonds. The molecule has 3 heterocycles. The highest BCUT2D eigenvalue weighted by Gasteiger charge is 2.16. The van der Waals surface area contributed by atoms with Crippen molar-refractivity contribution in [3.8, 4) is 22.5 Å². The Balaban J connectivity index is 2.00. The number of rotatable bonds is 2. The first kappa shape index (κ1) is 14.1. The number of pyridine rings is 1. The predicted molar refractivity (Wildman–Crippen MR) is 88.9 cm³/mol. The van der Waals surface area contributed by atoms with E-state index < -0.39 is 0 Å². The van der Waals surface area contributed by atoms with Crippen molar-refractivity contribution in [2.75, 3.05) is 5.73 Å². The summed E-state index contributed by atoms with van der Waals surface area (Å²) in [7, 11) is 0. The van der Waals surface area contributed by atoms with Gasteiger partial charge in [-0.1, -0.05) is 6.07 Å². The molecule has 0 aliphatic carbocycles. The van der Waals surface area contributed by atoms with Crippen molar-refractivity contribution in [1.29, 1.82) is 0 Å². The van der Waals surface area contributed by atoms with E-state index >= 15 is 0 Å². The van der Waals surface area contributed by atoms with Crippen LogP contribution in [0.4, 0.5) is 10.2 Å². The van der Waals surface area contributed by atoms with Crippen molar-refractivity contribution >= 4 is 11.5 Å². The van der Waals surface area contributed by atoms with Crippen LogP contribution in [0.5, 0.6) is 0 Å². The Hall–Kier alpha value is -3.48. The average Bonchev–Trinajstić information content (AvgIpc) is 2.93. The molecule has 118 valence electrons. The van der Waals surface area contributed by atoms with Gasteiger partial charge in [0.1, 0.15) is 11.5 Å². The molecule has 7 heteroatoms. The van der Waals surface area contributed by atoms with Crippen molar-refractivity contribution in [3.63, 3.8) is 0 Å². The van der Waals surface area contributed by atoms with Gasteiger partial charge in [-0.25, -0.2) is 4.39 Å². The zero-order chi connectivity index (χ0) is 16.7.